The van der Waals surface area contributed by atoms with Crippen molar-refractivity contribution < 1.29 is 5.11 Å². The molecule has 2 rings (SSSR count). The van der Waals surface area contributed by atoms with E-state index in [4.69, 9.17) is 0 Å². The Kier molecular flexibility index (Phi) is 3.25. The highest BCUT2D eigenvalue weighted by atomic mass is 127. The number of H-pyrrole nitrogens is 1. The molecule has 1 aliphatic heterocycles. The minimum Gasteiger partial charge on any atom is -0.393 e. The van der Waals surface area contributed by atoms with Crippen LogP contribution in [0.3, 0.4) is 0 Å². The monoisotopic (exact) mass is 321 g/mol. The predicted molar refractivity (Wildman–Crippen MR) is 65.0 cm³/mol. The van der Waals surface area contributed by atoms with E-state index >= 15 is 0 Å². The fourth-order valence-corrected chi connectivity index (χ4v) is 2.31. The largest absolute Gasteiger partial charge is 0.393 e. The summed E-state index contributed by atoms with van der Waals surface area (Å²) in [5, 5.41) is 9.38. The van der Waals surface area contributed by atoms with Gasteiger partial charge in [-0.25, -0.2) is 4.98 Å². The van der Waals surface area contributed by atoms with Crippen molar-refractivity contribution in [3.8, 4) is 0 Å². The number of nitrogens with one attached hydrogen (secondary N) is 1. The van der Waals surface area contributed by atoms with E-state index < -0.39 is 0 Å². The molecule has 1 aromatic heterocycles. The zero-order valence-electron chi connectivity index (χ0n) is 8.11. The summed E-state index contributed by atoms with van der Waals surface area (Å²) in [7, 11) is 0. The Balaban J connectivity index is 2.23. The van der Waals surface area contributed by atoms with Gasteiger partial charge in [-0.3, -0.25) is 4.79 Å². The second-order valence-electron chi connectivity index (χ2n) is 3.59. The molecule has 0 aromatic carbocycles. The molecule has 0 unspecified atom stereocenters. The van der Waals surface area contributed by atoms with Crippen LogP contribution in [0.4, 0.5) is 5.82 Å². The quantitative estimate of drug-likeness (QED) is 0.732. The molecular weight excluding hydrogens is 309 g/mol. The third-order valence-electron chi connectivity index (χ3n) is 2.54. The fraction of sp³-hybridized carbons (Fsp3) is 0.556. The molecule has 0 amide bonds. The van der Waals surface area contributed by atoms with Crippen molar-refractivity contribution in [2.45, 2.75) is 18.9 Å². The number of nitrogens with zero attached hydrogens (tertiary/aromatic N) is 2. The van der Waals surface area contributed by atoms with Gasteiger partial charge in [-0.1, -0.05) is 0 Å². The molecule has 0 bridgehead atoms. The number of piperidine rings is 1. The highest BCUT2D eigenvalue weighted by Gasteiger charge is 2.20. The third kappa shape index (κ3) is 2.31. The molecule has 1 aliphatic rings. The Bertz CT molecular complexity index is 399. The first-order valence-electron chi connectivity index (χ1n) is 4.84. The molecule has 82 valence electrons. The van der Waals surface area contributed by atoms with Crippen LogP contribution in [0.1, 0.15) is 12.8 Å². The van der Waals surface area contributed by atoms with Crippen LogP contribution in [0, 0.1) is 3.57 Å². The summed E-state index contributed by atoms with van der Waals surface area (Å²) in [6.45, 7) is 1.52. The zero-order chi connectivity index (χ0) is 10.8. The number of aromatic nitrogens is 2. The number of aliphatic hydroxyl groups is 1. The number of aliphatic hydroxyl groups excluding tert-OH is 1. The molecule has 1 aromatic rings. The smallest absolute Gasteiger partial charge is 0.266 e. The molecule has 2 heterocycles. The van der Waals surface area contributed by atoms with Crippen molar-refractivity contribution in [2.24, 2.45) is 0 Å². The topological polar surface area (TPSA) is 69.2 Å². The van der Waals surface area contributed by atoms with Gasteiger partial charge in [0.15, 0.2) is 0 Å². The van der Waals surface area contributed by atoms with Gasteiger partial charge >= 0.3 is 0 Å². The molecule has 1 saturated heterocycles. The molecule has 0 spiro atoms. The predicted octanol–water partition coefficient (Wildman–Crippen LogP) is 0.336. The first-order chi connectivity index (χ1) is 7.18. The Morgan fingerprint density at radius 1 is 1.53 bits per heavy atom. The van der Waals surface area contributed by atoms with Gasteiger partial charge < -0.3 is 15.0 Å². The first kappa shape index (κ1) is 10.9. The van der Waals surface area contributed by atoms with E-state index in [2.05, 4.69) is 9.97 Å². The number of hydrogen-bond donors (Lipinski definition) is 2. The van der Waals surface area contributed by atoms with Crippen LogP contribution < -0.4 is 10.5 Å². The van der Waals surface area contributed by atoms with E-state index in [0.29, 0.717) is 3.57 Å². The van der Waals surface area contributed by atoms with Crippen LogP contribution in [0.2, 0.25) is 0 Å². The van der Waals surface area contributed by atoms with Crippen molar-refractivity contribution >= 4 is 28.4 Å². The van der Waals surface area contributed by atoms with Crippen LogP contribution in [-0.2, 0) is 0 Å². The van der Waals surface area contributed by atoms with E-state index in [0.717, 1.165) is 31.7 Å². The molecule has 2 N–H and O–H groups in total. The maximum absolute atomic E-state index is 11.4. The summed E-state index contributed by atoms with van der Waals surface area (Å²) >= 11 is 2.00. The van der Waals surface area contributed by atoms with Gasteiger partial charge in [0.2, 0.25) is 0 Å². The summed E-state index contributed by atoms with van der Waals surface area (Å²) in [4.78, 5) is 20.1. The molecular formula is C9H12IN3O2. The summed E-state index contributed by atoms with van der Waals surface area (Å²) in [5.74, 6) is 0.728. The highest BCUT2D eigenvalue weighted by molar-refractivity contribution is 14.1. The summed E-state index contributed by atoms with van der Waals surface area (Å²) in [6.07, 6.45) is 2.70. The van der Waals surface area contributed by atoms with E-state index in [1.165, 1.54) is 6.33 Å². The zero-order valence-corrected chi connectivity index (χ0v) is 10.3. The number of aromatic amines is 1. The number of anilines is 1. The van der Waals surface area contributed by atoms with Crippen LogP contribution in [0.15, 0.2) is 11.1 Å². The average molecular weight is 321 g/mol. The van der Waals surface area contributed by atoms with Crippen molar-refractivity contribution in [3.63, 3.8) is 0 Å². The van der Waals surface area contributed by atoms with Crippen molar-refractivity contribution in [1.29, 1.82) is 0 Å². The lowest BCUT2D eigenvalue weighted by Gasteiger charge is -2.30. The van der Waals surface area contributed by atoms with Crippen LogP contribution in [-0.4, -0.2) is 34.3 Å². The van der Waals surface area contributed by atoms with Crippen LogP contribution in [0.25, 0.3) is 0 Å². The standard InChI is InChI=1S/C9H12IN3O2/c10-7-8(11-5-12-9(7)15)13-3-1-6(14)2-4-13/h5-6,14H,1-4H2,(H,11,12,15). The second kappa shape index (κ2) is 4.48. The molecule has 0 aliphatic carbocycles. The van der Waals surface area contributed by atoms with Gasteiger partial charge in [-0.05, 0) is 35.4 Å². The van der Waals surface area contributed by atoms with Gasteiger partial charge in [0.1, 0.15) is 9.39 Å². The van der Waals surface area contributed by atoms with Gasteiger partial charge in [-0.2, -0.15) is 0 Å². The minimum atomic E-state index is -0.207. The third-order valence-corrected chi connectivity index (χ3v) is 3.51. The first-order valence-corrected chi connectivity index (χ1v) is 5.92. The Hall–Kier alpha value is -0.630. The fourth-order valence-electron chi connectivity index (χ4n) is 1.67. The number of hydrogen-bond acceptors (Lipinski definition) is 4. The molecule has 6 heteroatoms. The van der Waals surface area contributed by atoms with Crippen molar-refractivity contribution in [2.75, 3.05) is 18.0 Å². The summed E-state index contributed by atoms with van der Waals surface area (Å²) in [6, 6.07) is 0. The maximum Gasteiger partial charge on any atom is 0.266 e. The van der Waals surface area contributed by atoms with Gasteiger partial charge in [0, 0.05) is 13.1 Å². The van der Waals surface area contributed by atoms with Crippen molar-refractivity contribution in [3.05, 3.63) is 20.3 Å². The van der Waals surface area contributed by atoms with Crippen LogP contribution >= 0.6 is 22.6 Å². The molecule has 1 fully saturated rings. The van der Waals surface area contributed by atoms with E-state index in [-0.39, 0.29) is 11.7 Å². The lowest BCUT2D eigenvalue weighted by Crippen LogP contribution is -2.37. The second-order valence-corrected chi connectivity index (χ2v) is 4.67. The summed E-state index contributed by atoms with van der Waals surface area (Å²) < 4.78 is 0.617. The molecule has 0 atom stereocenters. The number of halogens is 1. The highest BCUT2D eigenvalue weighted by Crippen LogP contribution is 2.20. The number of rotatable bonds is 1. The molecule has 5 nitrogen and oxygen atoms in total. The summed E-state index contributed by atoms with van der Waals surface area (Å²) in [5.41, 5.74) is -0.105. The normalized spacial score (nSPS) is 18.1. The van der Waals surface area contributed by atoms with Gasteiger partial charge in [0.25, 0.3) is 5.56 Å². The molecule has 0 saturated carbocycles. The average Bonchev–Trinajstić information content (AvgIpc) is 2.24. The Labute approximate surface area is 101 Å². The molecule has 0 radical (unpaired) electrons. The van der Waals surface area contributed by atoms with E-state index in [1.807, 2.05) is 27.5 Å². The maximum atomic E-state index is 11.4. The van der Waals surface area contributed by atoms with Gasteiger partial charge in [0.05, 0.1) is 12.4 Å². The van der Waals surface area contributed by atoms with E-state index in [1.54, 1.807) is 0 Å². The van der Waals surface area contributed by atoms with Crippen molar-refractivity contribution in [1.82, 2.24) is 9.97 Å². The Morgan fingerprint density at radius 3 is 2.87 bits per heavy atom. The van der Waals surface area contributed by atoms with Crippen LogP contribution in [0.5, 0.6) is 0 Å². The Morgan fingerprint density at radius 2 is 2.20 bits per heavy atom. The molecule has 15 heavy (non-hydrogen) atoms. The lowest BCUT2D eigenvalue weighted by molar-refractivity contribution is 0.145. The minimum absolute atomic E-state index is 0.105. The lowest BCUT2D eigenvalue weighted by atomic mass is 10.1. The SMILES string of the molecule is O=c1[nH]cnc(N2CCC(O)CC2)c1I. The van der Waals surface area contributed by atoms with Gasteiger partial charge in [-0.15, -0.1) is 0 Å². The van der Waals surface area contributed by atoms with E-state index in [9.17, 15) is 9.90 Å².